The van der Waals surface area contributed by atoms with Crippen molar-refractivity contribution >= 4 is 28.7 Å². The van der Waals surface area contributed by atoms with E-state index in [1.807, 2.05) is 12.1 Å². The number of halogens is 1. The summed E-state index contributed by atoms with van der Waals surface area (Å²) in [6.07, 6.45) is 0. The number of rotatable bonds is 1. The highest BCUT2D eigenvalue weighted by Crippen LogP contribution is 2.36. The molecule has 1 heterocycles. The Hall–Kier alpha value is -2.14. The van der Waals surface area contributed by atoms with Gasteiger partial charge in [0.05, 0.1) is 12.3 Å². The highest BCUT2D eigenvalue weighted by molar-refractivity contribution is 8.93. The highest BCUT2D eigenvalue weighted by Gasteiger charge is 2.24. The summed E-state index contributed by atoms with van der Waals surface area (Å²) in [5.41, 5.74) is 8.83. The van der Waals surface area contributed by atoms with Crippen molar-refractivity contribution in [2.24, 2.45) is 10.1 Å². The Morgan fingerprint density at radius 2 is 1.48 bits per heavy atom. The van der Waals surface area contributed by atoms with Crippen LogP contribution in [0.5, 0.6) is 0 Å². The second kappa shape index (κ2) is 5.69. The zero-order valence-electron chi connectivity index (χ0n) is 11.3. The zero-order chi connectivity index (χ0) is 13.4. The minimum atomic E-state index is 0. The van der Waals surface area contributed by atoms with Crippen LogP contribution in [-0.2, 0) is 0 Å². The molecule has 5 heteroatoms. The predicted molar refractivity (Wildman–Crippen MR) is 91.3 cm³/mol. The van der Waals surface area contributed by atoms with E-state index in [-0.39, 0.29) is 17.0 Å². The van der Waals surface area contributed by atoms with Gasteiger partial charge in [-0.2, -0.15) is 5.10 Å². The summed E-state index contributed by atoms with van der Waals surface area (Å²) in [5.74, 6) is 0.749. The fourth-order valence-corrected chi connectivity index (χ4v) is 2.70. The number of aliphatic imine (C=N–C) groups is 1. The van der Waals surface area contributed by atoms with Gasteiger partial charge < -0.3 is 5.32 Å². The van der Waals surface area contributed by atoms with Crippen molar-refractivity contribution in [3.63, 3.8) is 0 Å². The zero-order valence-corrected chi connectivity index (χ0v) is 13.0. The molecule has 106 valence electrons. The monoisotopic (exact) mass is 342 g/mol. The van der Waals surface area contributed by atoms with Crippen molar-refractivity contribution in [1.82, 2.24) is 10.7 Å². The van der Waals surface area contributed by atoms with Crippen LogP contribution in [0.2, 0.25) is 0 Å². The average Bonchev–Trinajstić information content (AvgIpc) is 3.11. The van der Waals surface area contributed by atoms with Crippen molar-refractivity contribution < 1.29 is 0 Å². The van der Waals surface area contributed by atoms with Gasteiger partial charge in [-0.25, -0.2) is 10.4 Å². The van der Waals surface area contributed by atoms with E-state index in [4.69, 9.17) is 0 Å². The van der Waals surface area contributed by atoms with Crippen molar-refractivity contribution in [3.8, 4) is 11.1 Å². The van der Waals surface area contributed by atoms with Gasteiger partial charge in [0.2, 0.25) is 5.96 Å². The lowest BCUT2D eigenvalue weighted by Gasteiger charge is -2.04. The van der Waals surface area contributed by atoms with Crippen LogP contribution >= 0.6 is 17.0 Å². The SMILES string of the molecule is Br.c1ccc2c(c1)C(=NNC1=NCCN1)c1ccccc1-2. The van der Waals surface area contributed by atoms with Crippen LogP contribution < -0.4 is 10.7 Å². The third-order valence-corrected chi connectivity index (χ3v) is 3.60. The van der Waals surface area contributed by atoms with Crippen LogP contribution in [0.4, 0.5) is 0 Å². The van der Waals surface area contributed by atoms with Crippen LogP contribution in [0.25, 0.3) is 11.1 Å². The maximum absolute atomic E-state index is 4.56. The second-order valence-electron chi connectivity index (χ2n) is 4.82. The van der Waals surface area contributed by atoms with Crippen molar-refractivity contribution in [1.29, 1.82) is 0 Å². The molecule has 0 unspecified atom stereocenters. The Balaban J connectivity index is 0.00000132. The lowest BCUT2D eigenvalue weighted by molar-refractivity contribution is 0.918. The van der Waals surface area contributed by atoms with Crippen LogP contribution in [0.15, 0.2) is 58.6 Å². The van der Waals surface area contributed by atoms with Crippen LogP contribution in [0.3, 0.4) is 0 Å². The third-order valence-electron chi connectivity index (χ3n) is 3.60. The van der Waals surface area contributed by atoms with Crippen molar-refractivity contribution in [2.75, 3.05) is 13.1 Å². The largest absolute Gasteiger partial charge is 0.353 e. The first-order valence-electron chi connectivity index (χ1n) is 6.75. The Morgan fingerprint density at radius 1 is 0.905 bits per heavy atom. The summed E-state index contributed by atoms with van der Waals surface area (Å²) in [7, 11) is 0. The van der Waals surface area contributed by atoms with Crippen molar-refractivity contribution in [3.05, 3.63) is 59.7 Å². The number of fused-ring (bicyclic) bond motifs is 3. The molecule has 2 aliphatic rings. The molecule has 2 aromatic carbocycles. The molecule has 0 spiro atoms. The molecule has 0 radical (unpaired) electrons. The molecule has 1 aliphatic carbocycles. The van der Waals surface area contributed by atoms with Gasteiger partial charge in [0.1, 0.15) is 0 Å². The van der Waals surface area contributed by atoms with E-state index in [0.29, 0.717) is 0 Å². The number of hydrogen-bond acceptors (Lipinski definition) is 4. The summed E-state index contributed by atoms with van der Waals surface area (Å²) >= 11 is 0. The smallest absolute Gasteiger partial charge is 0.212 e. The molecule has 4 nitrogen and oxygen atoms in total. The van der Waals surface area contributed by atoms with Gasteiger partial charge in [-0.05, 0) is 11.1 Å². The average molecular weight is 343 g/mol. The molecule has 4 rings (SSSR count). The normalized spacial score (nSPS) is 14.5. The van der Waals surface area contributed by atoms with E-state index in [2.05, 4.69) is 57.2 Å². The second-order valence-corrected chi connectivity index (χ2v) is 4.82. The predicted octanol–water partition coefficient (Wildman–Crippen LogP) is 2.55. The fourth-order valence-electron chi connectivity index (χ4n) is 2.70. The van der Waals surface area contributed by atoms with E-state index in [1.54, 1.807) is 0 Å². The molecule has 2 N–H and O–H groups in total. The van der Waals surface area contributed by atoms with Crippen LogP contribution in [0, 0.1) is 0 Å². The lowest BCUT2D eigenvalue weighted by Crippen LogP contribution is -2.31. The van der Waals surface area contributed by atoms with Gasteiger partial charge in [0.25, 0.3) is 0 Å². The molecule has 0 atom stereocenters. The molecule has 0 fully saturated rings. The van der Waals surface area contributed by atoms with E-state index in [1.165, 1.54) is 22.3 Å². The summed E-state index contributed by atoms with van der Waals surface area (Å²) in [4.78, 5) is 4.30. The fraction of sp³-hybridized carbons (Fsp3) is 0.125. The first-order chi connectivity index (χ1) is 9.93. The van der Waals surface area contributed by atoms with Gasteiger partial charge in [0, 0.05) is 17.7 Å². The third kappa shape index (κ3) is 2.34. The molecule has 0 amide bonds. The number of hydrazone groups is 1. The molecule has 0 saturated carbocycles. The summed E-state index contributed by atoms with van der Waals surface area (Å²) in [6, 6.07) is 16.7. The van der Waals surface area contributed by atoms with Crippen LogP contribution in [-0.4, -0.2) is 24.8 Å². The van der Waals surface area contributed by atoms with Crippen LogP contribution in [0.1, 0.15) is 11.1 Å². The molecule has 0 bridgehead atoms. The van der Waals surface area contributed by atoms with Crippen molar-refractivity contribution in [2.45, 2.75) is 0 Å². The quantitative estimate of drug-likeness (QED) is 0.667. The minimum absolute atomic E-state index is 0. The molecule has 0 saturated heterocycles. The Kier molecular flexibility index (Phi) is 3.75. The number of nitrogens with zero attached hydrogens (tertiary/aromatic N) is 2. The standard InChI is InChI=1S/C16H14N4.BrH/c1-3-7-13-11(5-1)12-6-2-4-8-14(12)15(13)19-20-16-17-9-10-18-16;/h1-8H,9-10H2,(H2,17,18,20);1H. The van der Waals surface area contributed by atoms with E-state index in [0.717, 1.165) is 24.8 Å². The number of hydrogen-bond donors (Lipinski definition) is 2. The van der Waals surface area contributed by atoms with Gasteiger partial charge in [0.15, 0.2) is 0 Å². The Bertz CT molecular complexity index is 689. The molecule has 2 aromatic rings. The first-order valence-corrected chi connectivity index (χ1v) is 6.75. The Labute approximate surface area is 133 Å². The molecular weight excluding hydrogens is 328 g/mol. The maximum Gasteiger partial charge on any atom is 0.212 e. The number of guanidine groups is 1. The van der Waals surface area contributed by atoms with Gasteiger partial charge in [-0.3, -0.25) is 0 Å². The van der Waals surface area contributed by atoms with E-state index in [9.17, 15) is 0 Å². The maximum atomic E-state index is 4.56. The molecular formula is C16H15BrN4. The van der Waals surface area contributed by atoms with Gasteiger partial charge >= 0.3 is 0 Å². The summed E-state index contributed by atoms with van der Waals surface area (Å²) in [5, 5.41) is 7.72. The highest BCUT2D eigenvalue weighted by atomic mass is 79.9. The van der Waals surface area contributed by atoms with Gasteiger partial charge in [-0.1, -0.05) is 48.5 Å². The summed E-state index contributed by atoms with van der Waals surface area (Å²) < 4.78 is 0. The van der Waals surface area contributed by atoms with Gasteiger partial charge in [-0.15, -0.1) is 17.0 Å². The molecule has 0 aromatic heterocycles. The van der Waals surface area contributed by atoms with E-state index < -0.39 is 0 Å². The summed E-state index contributed by atoms with van der Waals surface area (Å²) in [6.45, 7) is 1.68. The number of benzene rings is 2. The molecule has 21 heavy (non-hydrogen) atoms. The lowest BCUT2D eigenvalue weighted by atomic mass is 10.1. The minimum Gasteiger partial charge on any atom is -0.353 e. The van der Waals surface area contributed by atoms with E-state index >= 15 is 0 Å². The number of nitrogens with one attached hydrogen (secondary N) is 2. The molecule has 1 aliphatic heterocycles. The Morgan fingerprint density at radius 3 is 2.00 bits per heavy atom. The first kappa shape index (κ1) is 13.8. The topological polar surface area (TPSA) is 48.8 Å².